The molecule has 0 heterocycles. The second kappa shape index (κ2) is 8.45. The van der Waals surface area contributed by atoms with Gasteiger partial charge in [0, 0.05) is 12.1 Å². The molecule has 3 heteroatoms. The van der Waals surface area contributed by atoms with Crippen molar-refractivity contribution in [3.63, 3.8) is 0 Å². The van der Waals surface area contributed by atoms with Gasteiger partial charge < -0.3 is 4.52 Å². The SMILES string of the molecule is CC(C)N(POCCC1CCCCC1)C(C)C. The molecule has 1 aliphatic carbocycles. The number of hydrogen-bond donors (Lipinski definition) is 0. The van der Waals surface area contributed by atoms with Crippen molar-refractivity contribution in [1.82, 2.24) is 4.67 Å². The summed E-state index contributed by atoms with van der Waals surface area (Å²) in [6, 6.07) is 1.17. The first-order chi connectivity index (χ1) is 8.11. The fourth-order valence-electron chi connectivity index (χ4n) is 2.63. The van der Waals surface area contributed by atoms with Gasteiger partial charge in [0.15, 0.2) is 0 Å². The van der Waals surface area contributed by atoms with Gasteiger partial charge in [-0.1, -0.05) is 32.1 Å². The van der Waals surface area contributed by atoms with Crippen molar-refractivity contribution < 1.29 is 4.52 Å². The van der Waals surface area contributed by atoms with Gasteiger partial charge in [-0.2, -0.15) is 0 Å². The van der Waals surface area contributed by atoms with E-state index >= 15 is 0 Å². The molecule has 0 amide bonds. The quantitative estimate of drug-likeness (QED) is 0.489. The molecular weight excluding hydrogens is 229 g/mol. The van der Waals surface area contributed by atoms with Gasteiger partial charge in [0.1, 0.15) is 0 Å². The minimum atomic E-state index is 0.538. The lowest BCUT2D eigenvalue weighted by Gasteiger charge is -2.29. The van der Waals surface area contributed by atoms with E-state index in [1.54, 1.807) is 0 Å². The molecule has 0 spiro atoms. The van der Waals surface area contributed by atoms with Crippen LogP contribution < -0.4 is 0 Å². The Balaban J connectivity index is 2.09. The third kappa shape index (κ3) is 6.18. The van der Waals surface area contributed by atoms with Crippen molar-refractivity contribution in [3.05, 3.63) is 0 Å². The predicted octanol–water partition coefficient (Wildman–Crippen LogP) is 4.60. The van der Waals surface area contributed by atoms with Crippen LogP contribution in [0, 0.1) is 5.92 Å². The van der Waals surface area contributed by atoms with Crippen LogP contribution >= 0.6 is 8.96 Å². The molecule has 1 aliphatic rings. The lowest BCUT2D eigenvalue weighted by Crippen LogP contribution is -2.29. The van der Waals surface area contributed by atoms with Crippen LogP contribution in [0.1, 0.15) is 66.2 Å². The van der Waals surface area contributed by atoms with E-state index in [-0.39, 0.29) is 0 Å². The van der Waals surface area contributed by atoms with Gasteiger partial charge >= 0.3 is 0 Å². The molecule has 0 aromatic carbocycles. The molecule has 0 aliphatic heterocycles. The molecule has 1 atom stereocenters. The molecule has 2 nitrogen and oxygen atoms in total. The number of rotatable bonds is 7. The standard InChI is InChI=1S/C14H30NOP/c1-12(2)15(13(3)4)17-16-11-10-14-8-6-5-7-9-14/h12-14,17H,5-11H2,1-4H3. The fourth-order valence-corrected chi connectivity index (χ4v) is 3.41. The predicted molar refractivity (Wildman–Crippen MR) is 77.6 cm³/mol. The van der Waals surface area contributed by atoms with Crippen LogP contribution in [0.15, 0.2) is 0 Å². The summed E-state index contributed by atoms with van der Waals surface area (Å²) < 4.78 is 8.31. The summed E-state index contributed by atoms with van der Waals surface area (Å²) in [5.74, 6) is 0.945. The van der Waals surface area contributed by atoms with E-state index in [2.05, 4.69) is 32.4 Å². The lowest BCUT2D eigenvalue weighted by molar-refractivity contribution is 0.234. The van der Waals surface area contributed by atoms with Crippen LogP contribution in [0.4, 0.5) is 0 Å². The topological polar surface area (TPSA) is 12.5 Å². The van der Waals surface area contributed by atoms with Gasteiger partial charge in [0.25, 0.3) is 0 Å². The number of hydrogen-bond acceptors (Lipinski definition) is 2. The zero-order valence-corrected chi connectivity index (χ0v) is 13.0. The van der Waals surface area contributed by atoms with Crippen LogP contribution in [-0.2, 0) is 4.52 Å². The van der Waals surface area contributed by atoms with Crippen LogP contribution in [0.25, 0.3) is 0 Å². The number of nitrogens with zero attached hydrogens (tertiary/aromatic N) is 1. The Morgan fingerprint density at radius 2 is 1.65 bits per heavy atom. The first-order valence-electron chi connectivity index (χ1n) is 7.27. The second-order valence-electron chi connectivity index (χ2n) is 5.83. The monoisotopic (exact) mass is 259 g/mol. The highest BCUT2D eigenvalue weighted by atomic mass is 31.1. The van der Waals surface area contributed by atoms with Crippen molar-refractivity contribution >= 4 is 8.96 Å². The third-order valence-corrected chi connectivity index (χ3v) is 5.21. The van der Waals surface area contributed by atoms with E-state index in [1.165, 1.54) is 38.5 Å². The maximum Gasteiger partial charge on any atom is 0.0893 e. The van der Waals surface area contributed by atoms with Gasteiger partial charge in [0.2, 0.25) is 0 Å². The van der Waals surface area contributed by atoms with Crippen molar-refractivity contribution in [3.8, 4) is 0 Å². The Morgan fingerprint density at radius 1 is 1.06 bits per heavy atom. The average molecular weight is 259 g/mol. The van der Waals surface area contributed by atoms with E-state index in [0.29, 0.717) is 21.0 Å². The van der Waals surface area contributed by atoms with Crippen molar-refractivity contribution in [2.75, 3.05) is 6.61 Å². The largest absolute Gasteiger partial charge is 0.346 e. The van der Waals surface area contributed by atoms with E-state index < -0.39 is 0 Å². The third-order valence-electron chi connectivity index (χ3n) is 3.64. The zero-order valence-electron chi connectivity index (χ0n) is 12.0. The molecule has 17 heavy (non-hydrogen) atoms. The van der Waals surface area contributed by atoms with Gasteiger partial charge in [-0.25, -0.2) is 0 Å². The highest BCUT2D eigenvalue weighted by Gasteiger charge is 2.15. The van der Waals surface area contributed by atoms with Crippen LogP contribution in [0.3, 0.4) is 0 Å². The van der Waals surface area contributed by atoms with Gasteiger partial charge in [-0.3, -0.25) is 4.67 Å². The molecule has 1 saturated carbocycles. The van der Waals surface area contributed by atoms with Crippen molar-refractivity contribution in [1.29, 1.82) is 0 Å². The molecule has 0 saturated heterocycles. The first kappa shape index (κ1) is 15.4. The summed E-state index contributed by atoms with van der Waals surface area (Å²) in [7, 11) is 0.538. The Morgan fingerprint density at radius 3 is 2.18 bits per heavy atom. The normalized spacial score (nSPS) is 19.2. The van der Waals surface area contributed by atoms with Crippen LogP contribution in [0.5, 0.6) is 0 Å². The minimum absolute atomic E-state index is 0.538. The van der Waals surface area contributed by atoms with Gasteiger partial charge in [0.05, 0.1) is 15.6 Å². The second-order valence-corrected chi connectivity index (χ2v) is 6.81. The smallest absolute Gasteiger partial charge is 0.0893 e. The summed E-state index contributed by atoms with van der Waals surface area (Å²) in [5.41, 5.74) is 0. The Labute approximate surface area is 109 Å². The molecule has 1 fully saturated rings. The molecule has 0 N–H and O–H groups in total. The van der Waals surface area contributed by atoms with Crippen molar-refractivity contribution in [2.45, 2.75) is 78.3 Å². The van der Waals surface area contributed by atoms with Gasteiger partial charge in [-0.15, -0.1) is 0 Å². The summed E-state index contributed by atoms with van der Waals surface area (Å²) >= 11 is 0. The molecule has 1 unspecified atom stereocenters. The summed E-state index contributed by atoms with van der Waals surface area (Å²) in [6.45, 7) is 9.95. The maximum absolute atomic E-state index is 5.87. The van der Waals surface area contributed by atoms with E-state index in [4.69, 9.17) is 4.52 Å². The minimum Gasteiger partial charge on any atom is -0.346 e. The molecule has 0 radical (unpaired) electrons. The molecule has 1 rings (SSSR count). The molecule has 0 bridgehead atoms. The fraction of sp³-hybridized carbons (Fsp3) is 1.00. The Bertz CT molecular complexity index is 183. The molecule has 0 aromatic rings. The van der Waals surface area contributed by atoms with Crippen molar-refractivity contribution in [2.24, 2.45) is 5.92 Å². The van der Waals surface area contributed by atoms with Crippen LogP contribution in [-0.4, -0.2) is 23.4 Å². The zero-order chi connectivity index (χ0) is 12.7. The molecule has 102 valence electrons. The highest BCUT2D eigenvalue weighted by Crippen LogP contribution is 2.29. The summed E-state index contributed by atoms with van der Waals surface area (Å²) in [4.78, 5) is 0. The van der Waals surface area contributed by atoms with E-state index in [9.17, 15) is 0 Å². The molecule has 0 aromatic heterocycles. The Hall–Kier alpha value is 0.350. The average Bonchev–Trinajstić information content (AvgIpc) is 2.29. The van der Waals surface area contributed by atoms with Crippen LogP contribution in [0.2, 0.25) is 0 Å². The summed E-state index contributed by atoms with van der Waals surface area (Å²) in [6.07, 6.45) is 8.48. The molecular formula is C14H30NOP. The maximum atomic E-state index is 5.87. The van der Waals surface area contributed by atoms with Gasteiger partial charge in [-0.05, 0) is 40.0 Å². The van der Waals surface area contributed by atoms with E-state index in [1.807, 2.05) is 0 Å². The Kier molecular flexibility index (Phi) is 7.66. The summed E-state index contributed by atoms with van der Waals surface area (Å²) in [5, 5.41) is 0. The van der Waals surface area contributed by atoms with E-state index in [0.717, 1.165) is 12.5 Å². The lowest BCUT2D eigenvalue weighted by atomic mass is 9.87. The first-order valence-corrected chi connectivity index (χ1v) is 8.12. The highest BCUT2D eigenvalue weighted by molar-refractivity contribution is 7.29.